The van der Waals surface area contributed by atoms with Crippen LogP contribution < -0.4 is 10.6 Å². The van der Waals surface area contributed by atoms with E-state index in [1.807, 2.05) is 20.8 Å². The number of nitrogens with one attached hydrogen (secondary N) is 2. The molecule has 0 aliphatic rings. The van der Waals surface area contributed by atoms with Crippen molar-refractivity contribution in [2.24, 2.45) is 5.92 Å². The molecule has 2 N–H and O–H groups in total. The molecular weight excluding hydrogens is 243 g/mol. The summed E-state index contributed by atoms with van der Waals surface area (Å²) in [6.07, 6.45) is 0. The maximum atomic E-state index is 13.6. The fourth-order valence-corrected chi connectivity index (χ4v) is 1.82. The molecule has 0 saturated heterocycles. The minimum atomic E-state index is -0.353. The van der Waals surface area contributed by atoms with E-state index in [1.165, 1.54) is 6.07 Å². The molecule has 0 aromatic heterocycles. The molecular formula is C15H23FN2O. The van der Waals surface area contributed by atoms with Gasteiger partial charge in [-0.1, -0.05) is 32.0 Å². The molecule has 1 aromatic rings. The molecule has 0 radical (unpaired) electrons. The highest BCUT2D eigenvalue weighted by Crippen LogP contribution is 2.16. The normalized spacial score (nSPS) is 14.2. The van der Waals surface area contributed by atoms with Crippen LogP contribution in [-0.2, 0) is 4.79 Å². The lowest BCUT2D eigenvalue weighted by molar-refractivity contribution is -0.123. The highest BCUT2D eigenvalue weighted by molar-refractivity contribution is 5.81. The van der Waals surface area contributed by atoms with Gasteiger partial charge >= 0.3 is 0 Å². The number of carbonyl (C=O) groups is 1. The summed E-state index contributed by atoms with van der Waals surface area (Å²) in [4.78, 5) is 11.8. The fourth-order valence-electron chi connectivity index (χ4n) is 1.82. The van der Waals surface area contributed by atoms with Gasteiger partial charge in [0.1, 0.15) is 5.82 Å². The molecule has 2 atom stereocenters. The van der Waals surface area contributed by atoms with Crippen molar-refractivity contribution in [1.82, 2.24) is 10.6 Å². The largest absolute Gasteiger partial charge is 0.354 e. The summed E-state index contributed by atoms with van der Waals surface area (Å²) in [5.41, 5.74) is 0.575. The summed E-state index contributed by atoms with van der Waals surface area (Å²) in [7, 11) is 0. The van der Waals surface area contributed by atoms with E-state index in [4.69, 9.17) is 0 Å². The van der Waals surface area contributed by atoms with Crippen LogP contribution in [0.15, 0.2) is 24.3 Å². The summed E-state index contributed by atoms with van der Waals surface area (Å²) in [5.74, 6) is 0.106. The van der Waals surface area contributed by atoms with Gasteiger partial charge < -0.3 is 5.32 Å². The first kappa shape index (κ1) is 15.6. The van der Waals surface area contributed by atoms with Gasteiger partial charge in [-0.25, -0.2) is 4.39 Å². The zero-order valence-corrected chi connectivity index (χ0v) is 12.0. The van der Waals surface area contributed by atoms with Crippen LogP contribution in [-0.4, -0.2) is 18.5 Å². The summed E-state index contributed by atoms with van der Waals surface area (Å²) in [5, 5.41) is 5.97. The maximum absolute atomic E-state index is 13.6. The van der Waals surface area contributed by atoms with Crippen LogP contribution >= 0.6 is 0 Å². The molecule has 0 bridgehead atoms. The van der Waals surface area contributed by atoms with Crippen molar-refractivity contribution in [2.75, 3.05) is 6.54 Å². The molecule has 19 heavy (non-hydrogen) atoms. The molecule has 0 aliphatic heterocycles. The van der Waals surface area contributed by atoms with E-state index < -0.39 is 0 Å². The minimum Gasteiger partial charge on any atom is -0.354 e. The van der Waals surface area contributed by atoms with Crippen LogP contribution in [0, 0.1) is 11.7 Å². The Hall–Kier alpha value is -1.42. The van der Waals surface area contributed by atoms with Gasteiger partial charge in [0.2, 0.25) is 5.91 Å². The van der Waals surface area contributed by atoms with E-state index >= 15 is 0 Å². The van der Waals surface area contributed by atoms with Crippen molar-refractivity contribution in [3.63, 3.8) is 0 Å². The first-order valence-corrected chi connectivity index (χ1v) is 6.70. The predicted molar refractivity (Wildman–Crippen MR) is 75.3 cm³/mol. The molecule has 0 heterocycles. The van der Waals surface area contributed by atoms with Crippen LogP contribution in [0.4, 0.5) is 4.39 Å². The molecule has 0 fully saturated rings. The second-order valence-corrected chi connectivity index (χ2v) is 5.27. The van der Waals surface area contributed by atoms with Gasteiger partial charge in [-0.05, 0) is 25.8 Å². The van der Waals surface area contributed by atoms with Crippen molar-refractivity contribution >= 4 is 5.91 Å². The molecule has 1 rings (SSSR count). The molecule has 0 aliphatic carbocycles. The van der Waals surface area contributed by atoms with Gasteiger partial charge in [-0.2, -0.15) is 0 Å². The Morgan fingerprint density at radius 1 is 1.21 bits per heavy atom. The van der Waals surface area contributed by atoms with Gasteiger partial charge in [0.15, 0.2) is 0 Å². The van der Waals surface area contributed by atoms with Crippen molar-refractivity contribution in [3.8, 4) is 0 Å². The fraction of sp³-hybridized carbons (Fsp3) is 0.533. The first-order valence-electron chi connectivity index (χ1n) is 6.70. The van der Waals surface area contributed by atoms with Gasteiger partial charge in [0.05, 0.1) is 6.04 Å². The lowest BCUT2D eigenvalue weighted by atomic mass is 10.1. The number of amides is 1. The molecule has 1 amide bonds. The second kappa shape index (κ2) is 7.24. The quantitative estimate of drug-likeness (QED) is 0.831. The van der Waals surface area contributed by atoms with Crippen LogP contribution in [0.25, 0.3) is 0 Å². The zero-order valence-electron chi connectivity index (χ0n) is 12.0. The molecule has 1 aromatic carbocycles. The van der Waals surface area contributed by atoms with Crippen molar-refractivity contribution < 1.29 is 9.18 Å². The van der Waals surface area contributed by atoms with E-state index in [0.717, 1.165) is 0 Å². The number of hydrogen-bond donors (Lipinski definition) is 2. The van der Waals surface area contributed by atoms with E-state index in [0.29, 0.717) is 18.0 Å². The average Bonchev–Trinajstić information content (AvgIpc) is 2.36. The van der Waals surface area contributed by atoms with E-state index in [2.05, 4.69) is 10.6 Å². The molecule has 3 nitrogen and oxygen atoms in total. The lowest BCUT2D eigenvalue weighted by Gasteiger charge is -2.20. The van der Waals surface area contributed by atoms with Gasteiger partial charge in [-0.15, -0.1) is 0 Å². The van der Waals surface area contributed by atoms with Crippen LogP contribution in [0.3, 0.4) is 0 Å². The van der Waals surface area contributed by atoms with Crippen molar-refractivity contribution in [3.05, 3.63) is 35.6 Å². The minimum absolute atomic E-state index is 0.0584. The summed E-state index contributed by atoms with van der Waals surface area (Å²) >= 11 is 0. The maximum Gasteiger partial charge on any atom is 0.236 e. The molecule has 2 unspecified atom stereocenters. The molecule has 0 saturated carbocycles. The summed E-state index contributed by atoms with van der Waals surface area (Å²) in [6.45, 7) is 8.37. The highest BCUT2D eigenvalue weighted by Gasteiger charge is 2.17. The van der Waals surface area contributed by atoms with E-state index in [1.54, 1.807) is 25.1 Å². The molecule has 4 heteroatoms. The monoisotopic (exact) mass is 266 g/mol. The highest BCUT2D eigenvalue weighted by atomic mass is 19.1. The Morgan fingerprint density at radius 3 is 2.42 bits per heavy atom. The van der Waals surface area contributed by atoms with Gasteiger partial charge in [-0.3, -0.25) is 10.1 Å². The van der Waals surface area contributed by atoms with Gasteiger partial charge in [0, 0.05) is 18.2 Å². The Labute approximate surface area is 114 Å². The molecule has 106 valence electrons. The average molecular weight is 266 g/mol. The summed E-state index contributed by atoms with van der Waals surface area (Å²) in [6, 6.07) is 6.04. The third-order valence-electron chi connectivity index (χ3n) is 2.95. The van der Waals surface area contributed by atoms with Crippen LogP contribution in [0.5, 0.6) is 0 Å². The van der Waals surface area contributed by atoms with Crippen molar-refractivity contribution in [2.45, 2.75) is 39.8 Å². The standard InChI is InChI=1S/C15H23FN2O/c1-10(2)9-17-15(19)12(4)18-11(3)13-7-5-6-8-14(13)16/h5-8,10-12,18H,9H2,1-4H3,(H,17,19). The Bertz CT molecular complexity index is 420. The smallest absolute Gasteiger partial charge is 0.236 e. The van der Waals surface area contributed by atoms with Crippen LogP contribution in [0.1, 0.15) is 39.3 Å². The van der Waals surface area contributed by atoms with E-state index in [9.17, 15) is 9.18 Å². The van der Waals surface area contributed by atoms with Crippen molar-refractivity contribution in [1.29, 1.82) is 0 Å². The third-order valence-corrected chi connectivity index (χ3v) is 2.95. The molecule has 0 spiro atoms. The predicted octanol–water partition coefficient (Wildman–Crippen LogP) is 2.64. The number of carbonyl (C=O) groups excluding carboxylic acids is 1. The Balaban J connectivity index is 2.54. The Kier molecular flexibility index (Phi) is 5.96. The third kappa shape index (κ3) is 4.99. The van der Waals surface area contributed by atoms with E-state index in [-0.39, 0.29) is 23.8 Å². The number of halogens is 1. The second-order valence-electron chi connectivity index (χ2n) is 5.27. The number of hydrogen-bond acceptors (Lipinski definition) is 2. The number of benzene rings is 1. The van der Waals surface area contributed by atoms with Gasteiger partial charge in [0.25, 0.3) is 0 Å². The zero-order chi connectivity index (χ0) is 14.4. The van der Waals surface area contributed by atoms with Crippen LogP contribution in [0.2, 0.25) is 0 Å². The number of rotatable bonds is 6. The lowest BCUT2D eigenvalue weighted by Crippen LogP contribution is -2.44. The topological polar surface area (TPSA) is 41.1 Å². The SMILES string of the molecule is CC(C)CNC(=O)C(C)NC(C)c1ccccc1F. The summed E-state index contributed by atoms with van der Waals surface area (Å²) < 4.78 is 13.6. The first-order chi connectivity index (χ1) is 8.91. The Morgan fingerprint density at radius 2 is 1.84 bits per heavy atom.